The van der Waals surface area contributed by atoms with E-state index in [2.05, 4.69) is 207 Å². The van der Waals surface area contributed by atoms with E-state index in [1.807, 2.05) is 0 Å². The molecule has 0 spiro atoms. The third-order valence-electron chi connectivity index (χ3n) is 11.4. The Hall–Kier alpha value is -6.38. The maximum atomic E-state index is 2.50. The first-order chi connectivity index (χ1) is 25.9. The van der Waals surface area contributed by atoms with E-state index in [0.29, 0.717) is 0 Å². The van der Waals surface area contributed by atoms with Crippen LogP contribution in [0.5, 0.6) is 0 Å². The van der Waals surface area contributed by atoms with E-state index >= 15 is 0 Å². The lowest BCUT2D eigenvalue weighted by atomic mass is 9.81. The highest BCUT2D eigenvalue weighted by molar-refractivity contribution is 6.14. The van der Waals surface area contributed by atoms with Crippen LogP contribution >= 0.6 is 0 Å². The number of fused-ring (bicyclic) bond motifs is 8. The molecule has 1 aliphatic carbocycles. The van der Waals surface area contributed by atoms with Gasteiger partial charge in [-0.3, -0.25) is 0 Å². The van der Waals surface area contributed by atoms with Crippen molar-refractivity contribution in [3.8, 4) is 27.9 Å². The second kappa shape index (κ2) is 11.8. The highest BCUT2D eigenvalue weighted by Crippen LogP contribution is 2.55. The molecule has 9 aromatic rings. The molecule has 1 heterocycles. The predicted octanol–water partition coefficient (Wildman–Crippen LogP) is 14.0. The normalized spacial score (nSPS) is 13.1. The van der Waals surface area contributed by atoms with Gasteiger partial charge in [-0.05, 0) is 107 Å². The van der Waals surface area contributed by atoms with Crippen molar-refractivity contribution in [1.82, 2.24) is 4.57 Å². The lowest BCUT2D eigenvalue weighted by molar-refractivity contribution is 0.660. The van der Waals surface area contributed by atoms with Gasteiger partial charge in [-0.15, -0.1) is 0 Å². The maximum Gasteiger partial charge on any atom is 0.0619 e. The molecule has 0 saturated heterocycles. The molecule has 0 amide bonds. The Morgan fingerprint density at radius 2 is 1.15 bits per heavy atom. The lowest BCUT2D eigenvalue weighted by Crippen LogP contribution is -2.17. The molecule has 1 aromatic heterocycles. The highest BCUT2D eigenvalue weighted by Gasteiger charge is 2.38. The minimum Gasteiger partial charge on any atom is -0.310 e. The Labute approximate surface area is 311 Å². The van der Waals surface area contributed by atoms with E-state index in [1.54, 1.807) is 0 Å². The zero-order valence-corrected chi connectivity index (χ0v) is 30.6. The summed E-state index contributed by atoms with van der Waals surface area (Å²) in [5, 5.41) is 5.09. The number of hydrogen-bond acceptors (Lipinski definition) is 1. The molecule has 2 nitrogen and oxygen atoms in total. The van der Waals surface area contributed by atoms with Gasteiger partial charge in [0.05, 0.1) is 16.7 Å². The molecule has 0 N–H and O–H groups in total. The molecule has 0 bridgehead atoms. The second-order valence-corrected chi connectivity index (χ2v) is 15.2. The Bertz CT molecular complexity index is 2880. The first-order valence-electron chi connectivity index (χ1n) is 18.6. The SMILES string of the molecule is Cc1cccc(N(c2ccccc2)c2cc3c(c4ccccc24)-c2ccc(-n4c5ccc(C)cc5c5cccc(-c6ccccc6)c54)cc2C3(C)C)c1. The Kier molecular flexibility index (Phi) is 7.00. The average Bonchev–Trinajstić information content (AvgIpc) is 3.63. The molecule has 0 saturated carbocycles. The minimum absolute atomic E-state index is 0.244. The lowest BCUT2D eigenvalue weighted by Gasteiger charge is -2.30. The maximum absolute atomic E-state index is 2.50. The van der Waals surface area contributed by atoms with Gasteiger partial charge in [0, 0.05) is 44.2 Å². The third-order valence-corrected chi connectivity index (χ3v) is 11.4. The van der Waals surface area contributed by atoms with Crippen molar-refractivity contribution in [2.45, 2.75) is 33.1 Å². The van der Waals surface area contributed by atoms with Crippen LogP contribution in [0, 0.1) is 13.8 Å². The average molecular weight is 681 g/mol. The molecule has 0 unspecified atom stereocenters. The molecular formula is C51H40N2. The summed E-state index contributed by atoms with van der Waals surface area (Å²) in [6, 6.07) is 62.8. The first-order valence-corrected chi connectivity index (χ1v) is 18.6. The van der Waals surface area contributed by atoms with Crippen LogP contribution < -0.4 is 4.90 Å². The van der Waals surface area contributed by atoms with Crippen LogP contribution in [0.3, 0.4) is 0 Å². The minimum atomic E-state index is -0.244. The number of benzene rings is 8. The molecule has 0 radical (unpaired) electrons. The van der Waals surface area contributed by atoms with Crippen molar-refractivity contribution in [1.29, 1.82) is 0 Å². The van der Waals surface area contributed by atoms with Gasteiger partial charge >= 0.3 is 0 Å². The smallest absolute Gasteiger partial charge is 0.0619 e. The van der Waals surface area contributed by atoms with Crippen LogP contribution in [0.1, 0.15) is 36.1 Å². The predicted molar refractivity (Wildman–Crippen MR) is 225 cm³/mol. The summed E-state index contributed by atoms with van der Waals surface area (Å²) in [5.74, 6) is 0. The summed E-state index contributed by atoms with van der Waals surface area (Å²) in [5.41, 5.74) is 17.3. The summed E-state index contributed by atoms with van der Waals surface area (Å²) in [6.07, 6.45) is 0. The van der Waals surface area contributed by atoms with Crippen molar-refractivity contribution in [2.75, 3.05) is 4.90 Å². The van der Waals surface area contributed by atoms with Crippen molar-refractivity contribution in [3.05, 3.63) is 192 Å². The van der Waals surface area contributed by atoms with E-state index in [-0.39, 0.29) is 5.41 Å². The number of hydrogen-bond donors (Lipinski definition) is 0. The fourth-order valence-corrected chi connectivity index (χ4v) is 8.95. The number of aromatic nitrogens is 1. The van der Waals surface area contributed by atoms with Gasteiger partial charge in [0.1, 0.15) is 0 Å². The van der Waals surface area contributed by atoms with Crippen LogP contribution in [-0.2, 0) is 5.41 Å². The third kappa shape index (κ3) is 4.79. The Balaban J connectivity index is 1.22. The quantitative estimate of drug-likeness (QED) is 0.176. The van der Waals surface area contributed by atoms with E-state index in [4.69, 9.17) is 0 Å². The molecule has 254 valence electrons. The molecule has 0 atom stereocenters. The number of aryl methyl sites for hydroxylation is 2. The van der Waals surface area contributed by atoms with E-state index in [1.165, 1.54) is 88.5 Å². The number of nitrogens with zero attached hydrogens (tertiary/aromatic N) is 2. The van der Waals surface area contributed by atoms with Crippen molar-refractivity contribution in [2.24, 2.45) is 0 Å². The van der Waals surface area contributed by atoms with E-state index < -0.39 is 0 Å². The van der Waals surface area contributed by atoms with Gasteiger partial charge in [-0.2, -0.15) is 0 Å². The largest absolute Gasteiger partial charge is 0.310 e. The number of anilines is 3. The summed E-state index contributed by atoms with van der Waals surface area (Å²) in [6.45, 7) is 9.18. The standard InChI is InChI=1S/C51H40N2/c1-33-15-13-20-37(29-33)52(36-18-9-6-10-19-36)48-32-46-49(41-22-12-11-21-40(41)48)43-27-26-38(31-45(43)51(46,3)4)53-47-28-25-34(2)30-44(47)42-24-14-23-39(50(42)53)35-16-7-5-8-17-35/h5-32H,1-4H3. The summed E-state index contributed by atoms with van der Waals surface area (Å²) < 4.78 is 2.50. The van der Waals surface area contributed by atoms with Gasteiger partial charge in [-0.25, -0.2) is 0 Å². The molecule has 2 heteroatoms. The fraction of sp³-hybridized carbons (Fsp3) is 0.0980. The van der Waals surface area contributed by atoms with Crippen LogP contribution in [0.2, 0.25) is 0 Å². The molecule has 1 aliphatic rings. The van der Waals surface area contributed by atoms with Gasteiger partial charge in [0.25, 0.3) is 0 Å². The Morgan fingerprint density at radius 3 is 1.94 bits per heavy atom. The second-order valence-electron chi connectivity index (χ2n) is 15.2. The molecule has 53 heavy (non-hydrogen) atoms. The van der Waals surface area contributed by atoms with Crippen LogP contribution in [0.25, 0.3) is 60.5 Å². The van der Waals surface area contributed by atoms with E-state index in [9.17, 15) is 0 Å². The summed E-state index contributed by atoms with van der Waals surface area (Å²) in [4.78, 5) is 2.44. The van der Waals surface area contributed by atoms with Crippen LogP contribution in [-0.4, -0.2) is 4.57 Å². The molecule has 10 rings (SSSR count). The van der Waals surface area contributed by atoms with Gasteiger partial charge in [0.2, 0.25) is 0 Å². The Morgan fingerprint density at radius 1 is 0.472 bits per heavy atom. The molecule has 0 fully saturated rings. The first kappa shape index (κ1) is 31.4. The van der Waals surface area contributed by atoms with Crippen LogP contribution in [0.4, 0.5) is 17.1 Å². The van der Waals surface area contributed by atoms with Crippen molar-refractivity contribution >= 4 is 49.6 Å². The summed E-state index contributed by atoms with van der Waals surface area (Å²) >= 11 is 0. The zero-order chi connectivity index (χ0) is 35.8. The topological polar surface area (TPSA) is 8.17 Å². The zero-order valence-electron chi connectivity index (χ0n) is 30.6. The molecule has 8 aromatic carbocycles. The van der Waals surface area contributed by atoms with Gasteiger partial charge in [-0.1, -0.05) is 135 Å². The van der Waals surface area contributed by atoms with Crippen molar-refractivity contribution in [3.63, 3.8) is 0 Å². The number of rotatable bonds is 5. The van der Waals surface area contributed by atoms with Gasteiger partial charge < -0.3 is 9.47 Å². The fourth-order valence-electron chi connectivity index (χ4n) is 8.95. The molecular weight excluding hydrogens is 641 g/mol. The van der Waals surface area contributed by atoms with Gasteiger partial charge in [0.15, 0.2) is 0 Å². The van der Waals surface area contributed by atoms with Crippen molar-refractivity contribution < 1.29 is 0 Å². The highest BCUT2D eigenvalue weighted by atomic mass is 15.1. The summed E-state index contributed by atoms with van der Waals surface area (Å²) in [7, 11) is 0. The van der Waals surface area contributed by atoms with Crippen LogP contribution in [0.15, 0.2) is 170 Å². The molecule has 0 aliphatic heterocycles. The van der Waals surface area contributed by atoms with E-state index in [0.717, 1.165) is 11.4 Å². The monoisotopic (exact) mass is 680 g/mol. The number of para-hydroxylation sites is 2.